The number of hydrogen-bond acceptors (Lipinski definition) is 8. The van der Waals surface area contributed by atoms with Crippen molar-refractivity contribution in [3.8, 4) is 10.4 Å². The molecule has 198 valence electrons. The van der Waals surface area contributed by atoms with Crippen molar-refractivity contribution in [1.29, 1.82) is 0 Å². The second kappa shape index (κ2) is 10.4. The van der Waals surface area contributed by atoms with Crippen molar-refractivity contribution in [3.05, 3.63) is 64.9 Å². The molecule has 12 heteroatoms. The Morgan fingerprint density at radius 1 is 1.22 bits per heavy atom. The topological polar surface area (TPSA) is 132 Å². The fourth-order valence-corrected chi connectivity index (χ4v) is 6.50. The summed E-state index contributed by atoms with van der Waals surface area (Å²) < 4.78 is 58.8. The number of aromatic nitrogens is 1. The highest BCUT2D eigenvalue weighted by Gasteiger charge is 2.25. The summed E-state index contributed by atoms with van der Waals surface area (Å²) in [6, 6.07) is 8.55. The van der Waals surface area contributed by atoms with Gasteiger partial charge in [-0.05, 0) is 62.6 Å². The normalized spacial score (nSPS) is 16.0. The van der Waals surface area contributed by atoms with Gasteiger partial charge in [0, 0.05) is 4.88 Å². The molecule has 3 heterocycles. The Kier molecular flexibility index (Phi) is 7.65. The van der Waals surface area contributed by atoms with E-state index in [-0.39, 0.29) is 50.8 Å². The van der Waals surface area contributed by atoms with Crippen molar-refractivity contribution >= 4 is 37.9 Å². The molecule has 0 radical (unpaired) electrons. The summed E-state index contributed by atoms with van der Waals surface area (Å²) in [7, 11) is -2.98. The molecule has 0 unspecified atom stereocenters. The Hall–Kier alpha value is -2.93. The van der Waals surface area contributed by atoms with Gasteiger partial charge in [-0.15, -0.1) is 11.3 Å². The molecule has 8 nitrogen and oxygen atoms in total. The second-order valence-electron chi connectivity index (χ2n) is 9.39. The number of rotatable bonds is 8. The first-order valence-electron chi connectivity index (χ1n) is 11.5. The summed E-state index contributed by atoms with van der Waals surface area (Å²) in [5, 5.41) is 13.4. The van der Waals surface area contributed by atoms with Crippen LogP contribution in [-0.2, 0) is 26.8 Å². The molecule has 0 saturated carbocycles. The van der Waals surface area contributed by atoms with Gasteiger partial charge in [-0.25, -0.2) is 22.2 Å². The number of anilines is 2. The molecule has 4 rings (SSSR count). The number of pyridine rings is 1. The Morgan fingerprint density at radius 3 is 2.46 bits per heavy atom. The highest BCUT2D eigenvalue weighted by atomic mass is 32.2. The number of nitrogens with two attached hydrogens (primary N) is 1. The van der Waals surface area contributed by atoms with E-state index in [4.69, 9.17) is 10.5 Å². The Bertz CT molecular complexity index is 1400. The van der Waals surface area contributed by atoms with Crippen LogP contribution in [0.15, 0.2) is 36.4 Å². The van der Waals surface area contributed by atoms with E-state index in [0.717, 1.165) is 23.5 Å². The van der Waals surface area contributed by atoms with Gasteiger partial charge in [-0.2, -0.15) is 0 Å². The van der Waals surface area contributed by atoms with E-state index >= 15 is 0 Å². The number of carbonyl (C=O) groups is 1. The molecule has 0 bridgehead atoms. The summed E-state index contributed by atoms with van der Waals surface area (Å²) in [5.74, 6) is -1.98. The van der Waals surface area contributed by atoms with E-state index in [1.54, 1.807) is 18.2 Å². The van der Waals surface area contributed by atoms with Gasteiger partial charge in [0.15, 0.2) is 9.84 Å². The van der Waals surface area contributed by atoms with Crippen molar-refractivity contribution in [2.24, 2.45) is 5.73 Å². The lowest BCUT2D eigenvalue weighted by Gasteiger charge is -2.22. The summed E-state index contributed by atoms with van der Waals surface area (Å²) in [6.07, 6.45) is 0.699. The predicted octanol–water partition coefficient (Wildman–Crippen LogP) is 4.25. The van der Waals surface area contributed by atoms with Crippen LogP contribution in [0, 0.1) is 11.6 Å². The van der Waals surface area contributed by atoms with Crippen molar-refractivity contribution in [2.45, 2.75) is 45.0 Å². The standard InChI is InChI=1S/C25H27F2N3O5S2/c1-25(2,32)14-10-18(26)22(19(27)11-14)20-12-17(23(28)31)24(36-20)30-21-5-3-4-15(29-21)13-35-16-6-8-37(33,34)9-7-16/h3-5,10-12,16,32H,6-9,13H2,1-2H3,(H2,28,31)(H,29,30). The molecule has 0 atom stereocenters. The number of thiophene rings is 1. The third-order valence-electron chi connectivity index (χ3n) is 6.01. The minimum absolute atomic E-state index is 0.0391. The third-order valence-corrected chi connectivity index (χ3v) is 8.79. The zero-order valence-electron chi connectivity index (χ0n) is 20.3. The van der Waals surface area contributed by atoms with Crippen LogP contribution in [0.2, 0.25) is 0 Å². The number of benzene rings is 1. The number of primary amides is 1. The minimum Gasteiger partial charge on any atom is -0.386 e. The molecule has 2 aromatic heterocycles. The maximum Gasteiger partial charge on any atom is 0.251 e. The minimum atomic E-state index is -2.98. The van der Waals surface area contributed by atoms with Crippen molar-refractivity contribution in [1.82, 2.24) is 4.98 Å². The highest BCUT2D eigenvalue weighted by molar-refractivity contribution is 7.91. The van der Waals surface area contributed by atoms with Crippen LogP contribution in [0.5, 0.6) is 0 Å². The van der Waals surface area contributed by atoms with Crippen LogP contribution in [0.4, 0.5) is 19.6 Å². The van der Waals surface area contributed by atoms with Crippen molar-refractivity contribution < 1.29 is 31.8 Å². The van der Waals surface area contributed by atoms with Gasteiger partial charge in [-0.1, -0.05) is 6.07 Å². The number of amides is 1. The van der Waals surface area contributed by atoms with E-state index in [9.17, 15) is 27.1 Å². The fourth-order valence-electron chi connectivity index (χ4n) is 3.94. The van der Waals surface area contributed by atoms with E-state index in [2.05, 4.69) is 10.3 Å². The van der Waals surface area contributed by atoms with E-state index in [1.165, 1.54) is 19.9 Å². The van der Waals surface area contributed by atoms with E-state index in [0.29, 0.717) is 24.4 Å². The number of ether oxygens (including phenoxy) is 1. The predicted molar refractivity (Wildman–Crippen MR) is 137 cm³/mol. The quantitative estimate of drug-likeness (QED) is 0.381. The smallest absolute Gasteiger partial charge is 0.251 e. The van der Waals surface area contributed by atoms with Crippen LogP contribution in [0.3, 0.4) is 0 Å². The summed E-state index contributed by atoms with van der Waals surface area (Å²) in [5.41, 5.74) is 4.45. The molecule has 1 aromatic carbocycles. The number of hydrogen-bond donors (Lipinski definition) is 3. The lowest BCUT2D eigenvalue weighted by Crippen LogP contribution is -2.28. The largest absolute Gasteiger partial charge is 0.386 e. The van der Waals surface area contributed by atoms with Crippen LogP contribution >= 0.6 is 11.3 Å². The maximum absolute atomic E-state index is 14.9. The van der Waals surface area contributed by atoms with Gasteiger partial charge >= 0.3 is 0 Å². The number of halogens is 2. The molecule has 1 aliphatic heterocycles. The Balaban J connectivity index is 1.55. The second-order valence-corrected chi connectivity index (χ2v) is 12.7. The average Bonchev–Trinajstić information content (AvgIpc) is 3.21. The summed E-state index contributed by atoms with van der Waals surface area (Å²) in [4.78, 5) is 16.7. The van der Waals surface area contributed by atoms with Crippen LogP contribution in [-0.4, -0.2) is 42.0 Å². The van der Waals surface area contributed by atoms with Crippen LogP contribution in [0.25, 0.3) is 10.4 Å². The number of sulfone groups is 1. The highest BCUT2D eigenvalue weighted by Crippen LogP contribution is 2.40. The zero-order chi connectivity index (χ0) is 27.0. The monoisotopic (exact) mass is 551 g/mol. The van der Waals surface area contributed by atoms with Crippen molar-refractivity contribution in [2.75, 3.05) is 16.8 Å². The van der Waals surface area contributed by atoms with Gasteiger partial charge in [-0.3, -0.25) is 4.79 Å². The lowest BCUT2D eigenvalue weighted by atomic mass is 9.96. The Morgan fingerprint density at radius 2 is 1.86 bits per heavy atom. The maximum atomic E-state index is 14.9. The SMILES string of the molecule is CC(C)(O)c1cc(F)c(-c2cc(C(N)=O)c(Nc3cccc(COC4CCS(=O)(=O)CC4)n3)s2)c(F)c1. The molecule has 4 N–H and O–H groups in total. The molecule has 1 amide bonds. The van der Waals surface area contributed by atoms with Gasteiger partial charge < -0.3 is 20.9 Å². The molecule has 3 aromatic rings. The van der Waals surface area contributed by atoms with Crippen LogP contribution in [0.1, 0.15) is 48.3 Å². The molecule has 1 saturated heterocycles. The van der Waals surface area contributed by atoms with E-state index < -0.39 is 33.0 Å². The molecular formula is C25H27F2N3O5S2. The molecule has 1 aliphatic rings. The summed E-state index contributed by atoms with van der Waals surface area (Å²) in [6.45, 7) is 3.01. The van der Waals surface area contributed by atoms with Gasteiger partial charge in [0.1, 0.15) is 22.5 Å². The van der Waals surface area contributed by atoms with Gasteiger partial charge in [0.05, 0.1) is 46.6 Å². The first-order chi connectivity index (χ1) is 17.3. The first-order valence-corrected chi connectivity index (χ1v) is 14.2. The third kappa shape index (κ3) is 6.50. The van der Waals surface area contributed by atoms with Crippen molar-refractivity contribution in [3.63, 3.8) is 0 Å². The van der Waals surface area contributed by atoms with Crippen LogP contribution < -0.4 is 11.1 Å². The molecule has 37 heavy (non-hydrogen) atoms. The number of aliphatic hydroxyl groups is 1. The van der Waals surface area contributed by atoms with E-state index in [1.807, 2.05) is 0 Å². The number of nitrogens with one attached hydrogen (secondary N) is 1. The first kappa shape index (κ1) is 27.1. The Labute approximate surface area is 217 Å². The zero-order valence-corrected chi connectivity index (χ0v) is 21.9. The fraction of sp³-hybridized carbons (Fsp3) is 0.360. The number of nitrogens with zero attached hydrogens (tertiary/aromatic N) is 1. The molecule has 0 spiro atoms. The van der Waals surface area contributed by atoms with Gasteiger partial charge in [0.2, 0.25) is 0 Å². The van der Waals surface area contributed by atoms with Gasteiger partial charge in [0.25, 0.3) is 5.91 Å². The lowest BCUT2D eigenvalue weighted by molar-refractivity contribution is 0.0328. The molecule has 0 aliphatic carbocycles. The molecule has 1 fully saturated rings. The average molecular weight is 552 g/mol. The number of carbonyl (C=O) groups excluding carboxylic acids is 1. The molecular weight excluding hydrogens is 524 g/mol. The summed E-state index contributed by atoms with van der Waals surface area (Å²) >= 11 is 0.937.